The van der Waals surface area contributed by atoms with Gasteiger partial charge in [-0.15, -0.1) is 0 Å². The maximum absolute atomic E-state index is 12.5. The molecule has 0 radical (unpaired) electrons. The van der Waals surface area contributed by atoms with Crippen LogP contribution < -0.4 is 0 Å². The van der Waals surface area contributed by atoms with Gasteiger partial charge in [0.1, 0.15) is 6.04 Å². The van der Waals surface area contributed by atoms with Crippen molar-refractivity contribution in [3.63, 3.8) is 0 Å². The number of hydrogen-bond donors (Lipinski definition) is 0. The molecule has 4 aliphatic rings. The number of piperidine rings is 3. The second-order valence-corrected chi connectivity index (χ2v) is 6.91. The highest BCUT2D eigenvalue weighted by Gasteiger charge is 2.50. The van der Waals surface area contributed by atoms with Crippen LogP contribution in [0.25, 0.3) is 0 Å². The fourth-order valence-corrected chi connectivity index (χ4v) is 4.37. The van der Waals surface area contributed by atoms with Crippen LogP contribution in [0, 0.1) is 5.92 Å². The smallest absolute Gasteiger partial charge is 0.243 e. The van der Waals surface area contributed by atoms with E-state index in [2.05, 4.69) is 36.1 Å². The van der Waals surface area contributed by atoms with Crippen LogP contribution in [-0.2, 0) is 11.2 Å². The molecule has 0 saturated carbocycles. The lowest BCUT2D eigenvalue weighted by molar-refractivity contribution is -0.133. The first-order chi connectivity index (χ1) is 11.2. The maximum atomic E-state index is 12.5. The molecule has 2 unspecified atom stereocenters. The molecule has 1 aromatic rings. The summed E-state index contributed by atoms with van der Waals surface area (Å²) in [5, 5.41) is 6.61. The molecule has 4 aliphatic heterocycles. The summed E-state index contributed by atoms with van der Waals surface area (Å²) in [7, 11) is 0. The molecule has 2 bridgehead atoms. The van der Waals surface area contributed by atoms with Crippen LogP contribution >= 0.6 is 0 Å². The zero-order chi connectivity index (χ0) is 16.0. The van der Waals surface area contributed by atoms with Crippen LogP contribution in [0.1, 0.15) is 50.3 Å². The van der Waals surface area contributed by atoms with Gasteiger partial charge in [0.05, 0.1) is 11.8 Å². The molecule has 3 saturated heterocycles. The maximum Gasteiger partial charge on any atom is 0.243 e. The minimum atomic E-state index is 0.0615. The number of carbonyl (C=O) groups is 1. The Bertz CT molecular complexity index is 629. The minimum Gasteiger partial charge on any atom is -0.293 e. The predicted molar refractivity (Wildman–Crippen MR) is 91.2 cm³/mol. The molecule has 4 nitrogen and oxygen atoms in total. The number of carbonyl (C=O) groups excluding carboxylic acids is 1. The SMILES string of the molecule is CCC(=O)N1N=C2C3CCN(CC3)C2C1c1ccc(CC)cc1. The molecule has 4 heterocycles. The Morgan fingerprint density at radius 2 is 1.83 bits per heavy atom. The first-order valence-electron chi connectivity index (χ1n) is 8.96. The second kappa shape index (κ2) is 5.75. The normalized spacial score (nSPS) is 31.9. The third-order valence-electron chi connectivity index (χ3n) is 5.72. The van der Waals surface area contributed by atoms with E-state index in [1.165, 1.54) is 29.7 Å². The summed E-state index contributed by atoms with van der Waals surface area (Å²) in [4.78, 5) is 15.0. The molecule has 1 aromatic carbocycles. The summed E-state index contributed by atoms with van der Waals surface area (Å²) in [6, 6.07) is 9.14. The number of rotatable bonds is 3. The fraction of sp³-hybridized carbons (Fsp3) is 0.579. The Hall–Kier alpha value is -1.68. The molecule has 4 heteroatoms. The molecular weight excluding hydrogens is 286 g/mol. The molecule has 23 heavy (non-hydrogen) atoms. The summed E-state index contributed by atoms with van der Waals surface area (Å²) in [6.45, 7) is 6.39. The molecule has 0 N–H and O–H groups in total. The molecular formula is C19H25N3O. The van der Waals surface area contributed by atoms with Gasteiger partial charge in [0.25, 0.3) is 0 Å². The Morgan fingerprint density at radius 3 is 2.43 bits per heavy atom. The first kappa shape index (κ1) is 14.9. The van der Waals surface area contributed by atoms with Crippen molar-refractivity contribution in [1.82, 2.24) is 9.91 Å². The Balaban J connectivity index is 1.73. The summed E-state index contributed by atoms with van der Waals surface area (Å²) in [6.07, 6.45) is 3.95. The highest BCUT2D eigenvalue weighted by molar-refractivity contribution is 5.97. The Kier molecular flexibility index (Phi) is 3.72. The van der Waals surface area contributed by atoms with Crippen molar-refractivity contribution in [3.05, 3.63) is 35.4 Å². The molecule has 1 amide bonds. The van der Waals surface area contributed by atoms with Crippen molar-refractivity contribution in [2.24, 2.45) is 11.0 Å². The molecule has 0 aliphatic carbocycles. The van der Waals surface area contributed by atoms with Gasteiger partial charge in [-0.25, -0.2) is 5.01 Å². The van der Waals surface area contributed by atoms with E-state index in [-0.39, 0.29) is 11.9 Å². The standard InChI is InChI=1S/C19H25N3O/c1-3-13-5-7-15(8-6-13)18-19-17(20-22(18)16(23)4-2)14-9-11-21(19)12-10-14/h5-8,14,18-19H,3-4,9-12H2,1-2H3. The van der Waals surface area contributed by atoms with Gasteiger partial charge in [0.2, 0.25) is 5.91 Å². The number of fused-ring (bicyclic) bond motifs is 2. The number of benzene rings is 1. The van der Waals surface area contributed by atoms with E-state index in [1.54, 1.807) is 5.01 Å². The van der Waals surface area contributed by atoms with Crippen molar-refractivity contribution < 1.29 is 4.79 Å². The molecule has 122 valence electrons. The van der Waals surface area contributed by atoms with Gasteiger partial charge in [0.15, 0.2) is 0 Å². The Morgan fingerprint density at radius 1 is 1.13 bits per heavy atom. The lowest BCUT2D eigenvalue weighted by Gasteiger charge is -2.46. The highest BCUT2D eigenvalue weighted by atomic mass is 16.2. The van der Waals surface area contributed by atoms with E-state index >= 15 is 0 Å². The van der Waals surface area contributed by atoms with E-state index in [0.717, 1.165) is 19.5 Å². The van der Waals surface area contributed by atoms with Crippen LogP contribution in [0.3, 0.4) is 0 Å². The van der Waals surface area contributed by atoms with Gasteiger partial charge in [-0.3, -0.25) is 9.69 Å². The second-order valence-electron chi connectivity index (χ2n) is 6.91. The molecule has 5 rings (SSSR count). The number of hydrogen-bond acceptors (Lipinski definition) is 3. The highest BCUT2D eigenvalue weighted by Crippen LogP contribution is 2.43. The van der Waals surface area contributed by atoms with Crippen molar-refractivity contribution >= 4 is 11.6 Å². The zero-order valence-corrected chi connectivity index (χ0v) is 14.0. The molecule has 0 spiro atoms. The Labute approximate surface area is 138 Å². The van der Waals surface area contributed by atoms with Gasteiger partial charge in [-0.05, 0) is 43.5 Å². The number of aryl methyl sites for hydroxylation is 1. The van der Waals surface area contributed by atoms with Gasteiger partial charge in [0, 0.05) is 12.3 Å². The molecule has 3 fully saturated rings. The lowest BCUT2D eigenvalue weighted by atomic mass is 9.78. The summed E-state index contributed by atoms with van der Waals surface area (Å²) < 4.78 is 0. The summed E-state index contributed by atoms with van der Waals surface area (Å²) >= 11 is 0. The van der Waals surface area contributed by atoms with Crippen LogP contribution in [-0.4, -0.2) is 40.7 Å². The largest absolute Gasteiger partial charge is 0.293 e. The number of amides is 1. The third kappa shape index (κ3) is 2.31. The van der Waals surface area contributed by atoms with E-state index in [9.17, 15) is 4.79 Å². The van der Waals surface area contributed by atoms with Crippen molar-refractivity contribution in [1.29, 1.82) is 0 Å². The van der Waals surface area contributed by atoms with E-state index in [1.807, 2.05) is 6.92 Å². The van der Waals surface area contributed by atoms with Crippen LogP contribution in [0.2, 0.25) is 0 Å². The molecule has 0 aromatic heterocycles. The third-order valence-corrected chi connectivity index (χ3v) is 5.72. The summed E-state index contributed by atoms with van der Waals surface area (Å²) in [5.74, 6) is 0.717. The average molecular weight is 311 g/mol. The van der Waals surface area contributed by atoms with Gasteiger partial charge in [-0.1, -0.05) is 38.1 Å². The monoisotopic (exact) mass is 311 g/mol. The number of nitrogens with zero attached hydrogens (tertiary/aromatic N) is 3. The van der Waals surface area contributed by atoms with Gasteiger partial charge in [-0.2, -0.15) is 5.10 Å². The fourth-order valence-electron chi connectivity index (χ4n) is 4.37. The van der Waals surface area contributed by atoms with Crippen molar-refractivity contribution in [2.45, 2.75) is 51.6 Å². The van der Waals surface area contributed by atoms with Gasteiger partial charge < -0.3 is 0 Å². The van der Waals surface area contributed by atoms with Crippen molar-refractivity contribution in [2.75, 3.05) is 13.1 Å². The van der Waals surface area contributed by atoms with Crippen LogP contribution in [0.4, 0.5) is 0 Å². The van der Waals surface area contributed by atoms with Crippen LogP contribution in [0.5, 0.6) is 0 Å². The zero-order valence-electron chi connectivity index (χ0n) is 14.0. The van der Waals surface area contributed by atoms with Gasteiger partial charge >= 0.3 is 0 Å². The topological polar surface area (TPSA) is 35.9 Å². The quantitative estimate of drug-likeness (QED) is 0.860. The number of hydrazone groups is 1. The van der Waals surface area contributed by atoms with E-state index < -0.39 is 0 Å². The van der Waals surface area contributed by atoms with E-state index in [4.69, 9.17) is 5.10 Å². The van der Waals surface area contributed by atoms with Crippen molar-refractivity contribution in [3.8, 4) is 0 Å². The predicted octanol–water partition coefficient (Wildman–Crippen LogP) is 2.99. The summed E-state index contributed by atoms with van der Waals surface area (Å²) in [5.41, 5.74) is 3.82. The first-order valence-corrected chi connectivity index (χ1v) is 8.96. The van der Waals surface area contributed by atoms with E-state index in [0.29, 0.717) is 18.4 Å². The van der Waals surface area contributed by atoms with Crippen LogP contribution in [0.15, 0.2) is 29.4 Å². The minimum absolute atomic E-state index is 0.0615. The average Bonchev–Trinajstić information content (AvgIpc) is 3.04. The molecule has 2 atom stereocenters. The lowest BCUT2D eigenvalue weighted by Crippen LogP contribution is -2.56.